The van der Waals surface area contributed by atoms with E-state index in [4.69, 9.17) is 15.7 Å². The Balaban J connectivity index is 1.95. The van der Waals surface area contributed by atoms with Crippen LogP contribution in [0.1, 0.15) is 12.8 Å². The van der Waals surface area contributed by atoms with Gasteiger partial charge < -0.3 is 10.5 Å². The van der Waals surface area contributed by atoms with Gasteiger partial charge in [0.25, 0.3) is 0 Å². The summed E-state index contributed by atoms with van der Waals surface area (Å²) in [5, 5.41) is 10.3. The number of anilines is 1. The number of rotatable bonds is 5. The standard InChI is InChI=1S/C14H14N2OS/c15-7-1-2-8-17-13-5-3-11(4-6-13)14-9-12(16)10-18-14/h3-6,9-10H,1-2,8,16H2. The number of unbranched alkanes of at least 4 members (excludes halogenated alkanes) is 1. The van der Waals surface area contributed by atoms with Gasteiger partial charge in [-0.3, -0.25) is 0 Å². The van der Waals surface area contributed by atoms with Gasteiger partial charge >= 0.3 is 0 Å². The molecule has 0 spiro atoms. The van der Waals surface area contributed by atoms with E-state index in [1.807, 2.05) is 35.7 Å². The Morgan fingerprint density at radius 1 is 1.28 bits per heavy atom. The van der Waals surface area contributed by atoms with Crippen LogP contribution in [-0.4, -0.2) is 6.61 Å². The monoisotopic (exact) mass is 258 g/mol. The van der Waals surface area contributed by atoms with Gasteiger partial charge in [-0.25, -0.2) is 0 Å². The highest BCUT2D eigenvalue weighted by Crippen LogP contribution is 2.29. The van der Waals surface area contributed by atoms with Crippen LogP contribution in [0.2, 0.25) is 0 Å². The Labute approximate surface area is 110 Å². The number of nitriles is 1. The maximum absolute atomic E-state index is 8.41. The topological polar surface area (TPSA) is 59.0 Å². The third-order valence-corrected chi connectivity index (χ3v) is 3.46. The highest BCUT2D eigenvalue weighted by atomic mass is 32.1. The molecule has 92 valence electrons. The molecule has 0 radical (unpaired) electrons. The summed E-state index contributed by atoms with van der Waals surface area (Å²) in [7, 11) is 0. The van der Waals surface area contributed by atoms with Gasteiger partial charge in [0.1, 0.15) is 5.75 Å². The van der Waals surface area contributed by atoms with Gasteiger partial charge in [-0.15, -0.1) is 11.3 Å². The number of benzene rings is 1. The lowest BCUT2D eigenvalue weighted by Crippen LogP contribution is -1.96. The van der Waals surface area contributed by atoms with Crippen molar-refractivity contribution in [2.75, 3.05) is 12.3 Å². The molecular formula is C14H14N2OS. The van der Waals surface area contributed by atoms with Gasteiger partial charge in [0.2, 0.25) is 0 Å². The minimum absolute atomic E-state index is 0.534. The van der Waals surface area contributed by atoms with Gasteiger partial charge in [-0.05, 0) is 42.3 Å². The smallest absolute Gasteiger partial charge is 0.119 e. The third-order valence-electron chi connectivity index (χ3n) is 2.46. The fourth-order valence-corrected chi connectivity index (χ4v) is 2.37. The van der Waals surface area contributed by atoms with Crippen molar-refractivity contribution in [2.45, 2.75) is 12.8 Å². The zero-order valence-corrected chi connectivity index (χ0v) is 10.7. The maximum atomic E-state index is 8.41. The van der Waals surface area contributed by atoms with Gasteiger partial charge in [-0.1, -0.05) is 0 Å². The quantitative estimate of drug-likeness (QED) is 0.832. The fourth-order valence-electron chi connectivity index (χ4n) is 1.56. The van der Waals surface area contributed by atoms with E-state index in [1.165, 1.54) is 0 Å². The van der Waals surface area contributed by atoms with Crippen LogP contribution in [0.3, 0.4) is 0 Å². The first-order valence-corrected chi connectivity index (χ1v) is 6.62. The number of nitrogens with two attached hydrogens (primary N) is 1. The molecule has 0 saturated heterocycles. The molecule has 0 unspecified atom stereocenters. The summed E-state index contributed by atoms with van der Waals surface area (Å²) in [5.41, 5.74) is 7.64. The van der Waals surface area contributed by atoms with Crippen LogP contribution >= 0.6 is 11.3 Å². The number of ether oxygens (including phenoxy) is 1. The van der Waals surface area contributed by atoms with Crippen molar-refractivity contribution >= 4 is 17.0 Å². The summed E-state index contributed by atoms with van der Waals surface area (Å²) in [5.74, 6) is 0.834. The molecule has 1 aromatic heterocycles. The van der Waals surface area contributed by atoms with Crippen molar-refractivity contribution in [3.63, 3.8) is 0 Å². The van der Waals surface area contributed by atoms with Crippen molar-refractivity contribution < 1.29 is 4.74 Å². The van der Waals surface area contributed by atoms with E-state index >= 15 is 0 Å². The van der Waals surface area contributed by atoms with Gasteiger partial charge in [0.05, 0.1) is 12.7 Å². The number of nitrogens with zero attached hydrogens (tertiary/aromatic N) is 1. The summed E-state index contributed by atoms with van der Waals surface area (Å²) >= 11 is 1.63. The lowest BCUT2D eigenvalue weighted by Gasteiger charge is -2.05. The van der Waals surface area contributed by atoms with E-state index < -0.39 is 0 Å². The van der Waals surface area contributed by atoms with Crippen molar-refractivity contribution in [1.29, 1.82) is 5.26 Å². The summed E-state index contributed by atoms with van der Waals surface area (Å²) in [4.78, 5) is 1.16. The van der Waals surface area contributed by atoms with Crippen LogP contribution in [0.15, 0.2) is 35.7 Å². The molecule has 0 aliphatic heterocycles. The molecule has 0 bridgehead atoms. The highest BCUT2D eigenvalue weighted by molar-refractivity contribution is 7.14. The average Bonchev–Trinajstić information content (AvgIpc) is 2.82. The molecule has 1 heterocycles. The lowest BCUT2D eigenvalue weighted by molar-refractivity contribution is 0.313. The molecule has 3 nitrogen and oxygen atoms in total. The zero-order valence-electron chi connectivity index (χ0n) is 9.93. The molecule has 1 aromatic carbocycles. The molecule has 0 aliphatic rings. The Morgan fingerprint density at radius 3 is 2.67 bits per heavy atom. The molecule has 2 aromatic rings. The third kappa shape index (κ3) is 3.25. The van der Waals surface area contributed by atoms with E-state index in [0.29, 0.717) is 13.0 Å². The van der Waals surface area contributed by atoms with Crippen LogP contribution < -0.4 is 10.5 Å². The number of nitrogen functional groups attached to an aromatic ring is 1. The van der Waals surface area contributed by atoms with Gasteiger partial charge in [0, 0.05) is 22.4 Å². The zero-order chi connectivity index (χ0) is 12.8. The Bertz CT molecular complexity index is 540. The summed E-state index contributed by atoms with van der Waals surface area (Å²) in [6.45, 7) is 0.582. The molecule has 2 N–H and O–H groups in total. The minimum atomic E-state index is 0.534. The first-order valence-electron chi connectivity index (χ1n) is 5.74. The molecule has 0 atom stereocenters. The van der Waals surface area contributed by atoms with Crippen molar-refractivity contribution in [3.8, 4) is 22.3 Å². The SMILES string of the molecule is N#CCCCOc1ccc(-c2cc(N)cs2)cc1. The molecular weight excluding hydrogens is 244 g/mol. The highest BCUT2D eigenvalue weighted by Gasteiger charge is 2.01. The fraction of sp³-hybridized carbons (Fsp3) is 0.214. The normalized spacial score (nSPS) is 9.94. The largest absolute Gasteiger partial charge is 0.494 e. The van der Waals surface area contributed by atoms with Crippen molar-refractivity contribution in [3.05, 3.63) is 35.7 Å². The van der Waals surface area contributed by atoms with Crippen LogP contribution in [0.25, 0.3) is 10.4 Å². The summed E-state index contributed by atoms with van der Waals surface area (Å²) < 4.78 is 5.53. The van der Waals surface area contributed by atoms with Crippen molar-refractivity contribution in [2.24, 2.45) is 0 Å². The predicted molar refractivity (Wildman–Crippen MR) is 74.5 cm³/mol. The van der Waals surface area contributed by atoms with Gasteiger partial charge in [0.15, 0.2) is 0 Å². The van der Waals surface area contributed by atoms with Gasteiger partial charge in [-0.2, -0.15) is 5.26 Å². The first kappa shape index (κ1) is 12.5. The molecule has 0 saturated carbocycles. The second kappa shape index (κ2) is 6.08. The Kier molecular flexibility index (Phi) is 4.21. The molecule has 0 amide bonds. The van der Waals surface area contributed by atoms with E-state index in [2.05, 4.69) is 6.07 Å². The van der Waals surface area contributed by atoms with Crippen molar-refractivity contribution in [1.82, 2.24) is 0 Å². The number of hydrogen-bond acceptors (Lipinski definition) is 4. The van der Waals surface area contributed by atoms with E-state index in [-0.39, 0.29) is 0 Å². The first-order chi connectivity index (χ1) is 8.79. The predicted octanol–water partition coefficient (Wildman–Crippen LogP) is 3.68. The number of hydrogen-bond donors (Lipinski definition) is 1. The minimum Gasteiger partial charge on any atom is -0.494 e. The van der Waals surface area contributed by atoms with E-state index in [1.54, 1.807) is 11.3 Å². The molecule has 0 fully saturated rings. The van der Waals surface area contributed by atoms with E-state index in [9.17, 15) is 0 Å². The second-order valence-corrected chi connectivity index (χ2v) is 4.79. The maximum Gasteiger partial charge on any atom is 0.119 e. The Hall–Kier alpha value is -1.99. The molecule has 2 rings (SSSR count). The molecule has 0 aliphatic carbocycles. The molecule has 4 heteroatoms. The Morgan fingerprint density at radius 2 is 2.06 bits per heavy atom. The van der Waals surface area contributed by atoms with E-state index in [0.717, 1.165) is 28.3 Å². The van der Waals surface area contributed by atoms with Crippen LogP contribution in [0.4, 0.5) is 5.69 Å². The average molecular weight is 258 g/mol. The lowest BCUT2D eigenvalue weighted by atomic mass is 10.2. The summed E-state index contributed by atoms with van der Waals surface area (Å²) in [6, 6.07) is 12.0. The van der Waals surface area contributed by atoms with Crippen LogP contribution in [0, 0.1) is 11.3 Å². The number of thiophene rings is 1. The summed E-state index contributed by atoms with van der Waals surface area (Å²) in [6.07, 6.45) is 1.30. The molecule has 18 heavy (non-hydrogen) atoms. The van der Waals surface area contributed by atoms with Crippen LogP contribution in [0.5, 0.6) is 5.75 Å². The second-order valence-electron chi connectivity index (χ2n) is 3.88. The van der Waals surface area contributed by atoms with Crippen LogP contribution in [-0.2, 0) is 0 Å².